The van der Waals surface area contributed by atoms with Crippen molar-refractivity contribution in [1.82, 2.24) is 9.55 Å². The fourth-order valence-corrected chi connectivity index (χ4v) is 6.39. The molecule has 1 aromatic carbocycles. The summed E-state index contributed by atoms with van der Waals surface area (Å²) in [6.45, 7) is -0.189. The van der Waals surface area contributed by atoms with Crippen molar-refractivity contribution in [2.24, 2.45) is 0 Å². The highest BCUT2D eigenvalue weighted by Gasteiger charge is 2.23. The van der Waals surface area contributed by atoms with Crippen molar-refractivity contribution in [1.29, 1.82) is 0 Å². The number of anilines is 1. The molecule has 1 N–H and O–H groups in total. The van der Waals surface area contributed by atoms with Crippen LogP contribution in [0.4, 0.5) is 5.00 Å². The Labute approximate surface area is 197 Å². The first-order valence-electron chi connectivity index (χ1n) is 10.6. The van der Waals surface area contributed by atoms with Crippen LogP contribution in [0.2, 0.25) is 0 Å². The maximum atomic E-state index is 13.1. The Balaban J connectivity index is 1.43. The lowest BCUT2D eigenvalue weighted by atomic mass is 9.97. The van der Waals surface area contributed by atoms with E-state index in [4.69, 9.17) is 4.74 Å². The molecule has 0 spiro atoms. The number of amides is 1. The minimum atomic E-state index is -0.532. The molecule has 9 heteroatoms. The van der Waals surface area contributed by atoms with Gasteiger partial charge in [-0.25, -0.2) is 9.78 Å². The van der Waals surface area contributed by atoms with Crippen molar-refractivity contribution in [3.05, 3.63) is 68.4 Å². The van der Waals surface area contributed by atoms with E-state index >= 15 is 0 Å². The Morgan fingerprint density at radius 2 is 1.97 bits per heavy atom. The number of nitrogens with one attached hydrogen (secondary N) is 1. The summed E-state index contributed by atoms with van der Waals surface area (Å²) in [6.07, 6.45) is 5.48. The monoisotopic (exact) mass is 479 g/mol. The second-order valence-corrected chi connectivity index (χ2v) is 9.79. The van der Waals surface area contributed by atoms with Gasteiger partial charge in [0.25, 0.3) is 5.56 Å². The average Bonchev–Trinajstić information content (AvgIpc) is 3.42. The highest BCUT2D eigenvalue weighted by Crippen LogP contribution is 2.36. The number of hydrogen-bond acceptors (Lipinski definition) is 7. The van der Waals surface area contributed by atoms with Crippen LogP contribution in [-0.2, 0) is 28.9 Å². The number of thiophene rings is 2. The first-order chi connectivity index (χ1) is 16.1. The molecule has 0 unspecified atom stereocenters. The van der Waals surface area contributed by atoms with E-state index in [1.54, 1.807) is 11.3 Å². The molecule has 0 radical (unpaired) electrons. The molecule has 0 saturated heterocycles. The van der Waals surface area contributed by atoms with E-state index in [1.165, 1.54) is 34.2 Å². The largest absolute Gasteiger partial charge is 0.465 e. The Morgan fingerprint density at radius 1 is 1.18 bits per heavy atom. The van der Waals surface area contributed by atoms with Crippen LogP contribution in [0.1, 0.15) is 33.6 Å². The Morgan fingerprint density at radius 3 is 2.76 bits per heavy atom. The number of rotatable bonds is 5. The van der Waals surface area contributed by atoms with Crippen molar-refractivity contribution in [3.63, 3.8) is 0 Å². The molecular weight excluding hydrogens is 458 g/mol. The average molecular weight is 480 g/mol. The maximum absolute atomic E-state index is 13.1. The number of ether oxygens (including phenoxy) is 1. The van der Waals surface area contributed by atoms with E-state index in [1.807, 2.05) is 35.7 Å². The quantitative estimate of drug-likeness (QED) is 0.426. The van der Waals surface area contributed by atoms with E-state index in [-0.39, 0.29) is 12.1 Å². The van der Waals surface area contributed by atoms with Crippen molar-refractivity contribution in [2.45, 2.75) is 32.2 Å². The minimum absolute atomic E-state index is 0.189. The van der Waals surface area contributed by atoms with Crippen molar-refractivity contribution < 1.29 is 14.3 Å². The van der Waals surface area contributed by atoms with Gasteiger partial charge in [-0.2, -0.15) is 0 Å². The number of hydrogen-bond donors (Lipinski definition) is 1. The normalized spacial score (nSPS) is 13.0. The number of benzene rings is 1. The zero-order valence-corrected chi connectivity index (χ0v) is 19.6. The van der Waals surface area contributed by atoms with Gasteiger partial charge in [0.15, 0.2) is 0 Å². The second-order valence-electron chi connectivity index (χ2n) is 7.83. The van der Waals surface area contributed by atoms with Crippen LogP contribution in [0, 0.1) is 0 Å². The van der Waals surface area contributed by atoms with Crippen molar-refractivity contribution >= 4 is 49.8 Å². The molecule has 0 aliphatic heterocycles. The summed E-state index contributed by atoms with van der Waals surface area (Å²) >= 11 is 2.82. The number of methoxy groups -OCH3 is 1. The number of aryl methyl sites for hydroxylation is 2. The molecule has 0 fully saturated rings. The van der Waals surface area contributed by atoms with Gasteiger partial charge in [0.1, 0.15) is 21.9 Å². The molecule has 3 heterocycles. The van der Waals surface area contributed by atoms with Crippen LogP contribution in [0.3, 0.4) is 0 Å². The summed E-state index contributed by atoms with van der Waals surface area (Å²) in [5.74, 6) is -0.940. The zero-order chi connectivity index (χ0) is 22.9. The lowest BCUT2D eigenvalue weighted by molar-refractivity contribution is -0.116. The molecule has 1 amide bonds. The van der Waals surface area contributed by atoms with Crippen LogP contribution in [-0.4, -0.2) is 28.5 Å². The van der Waals surface area contributed by atoms with Gasteiger partial charge < -0.3 is 10.1 Å². The molecular formula is C24H21N3O4S2. The Bertz CT molecular complexity index is 1420. The van der Waals surface area contributed by atoms with Crippen molar-refractivity contribution in [2.75, 3.05) is 12.4 Å². The molecule has 1 aliphatic carbocycles. The van der Waals surface area contributed by atoms with Gasteiger partial charge in [-0.1, -0.05) is 30.3 Å². The third kappa shape index (κ3) is 3.98. The topological polar surface area (TPSA) is 90.3 Å². The number of aromatic nitrogens is 2. The summed E-state index contributed by atoms with van der Waals surface area (Å²) in [4.78, 5) is 44.9. The standard InChI is InChI=1S/C24H21N3O4S2/c1-31-24(30)20-16(14-7-3-2-4-8-14)12-32-22(20)26-18(28)11-27-13-25-21-19(23(27)29)15-9-5-6-10-17(15)33-21/h2-4,7-8,12-13H,5-6,9-11H2,1H3,(H,26,28). The predicted octanol–water partition coefficient (Wildman–Crippen LogP) is 4.49. The lowest BCUT2D eigenvalue weighted by Gasteiger charge is -2.11. The van der Waals surface area contributed by atoms with Gasteiger partial charge in [-0.05, 0) is 36.8 Å². The summed E-state index contributed by atoms with van der Waals surface area (Å²) in [6, 6.07) is 9.43. The lowest BCUT2D eigenvalue weighted by Crippen LogP contribution is -2.28. The molecule has 4 aromatic rings. The summed E-state index contributed by atoms with van der Waals surface area (Å²) in [5, 5.41) is 5.63. The third-order valence-electron chi connectivity index (χ3n) is 5.77. The number of nitrogens with zero attached hydrogens (tertiary/aromatic N) is 2. The van der Waals surface area contributed by atoms with Crippen LogP contribution >= 0.6 is 22.7 Å². The van der Waals surface area contributed by atoms with Crippen LogP contribution in [0.25, 0.3) is 21.3 Å². The number of carbonyl (C=O) groups is 2. The predicted molar refractivity (Wildman–Crippen MR) is 130 cm³/mol. The molecule has 0 bridgehead atoms. The smallest absolute Gasteiger partial charge is 0.341 e. The fourth-order valence-electron chi connectivity index (χ4n) is 4.20. The summed E-state index contributed by atoms with van der Waals surface area (Å²) in [7, 11) is 1.31. The van der Waals surface area contributed by atoms with E-state index in [0.29, 0.717) is 21.5 Å². The fraction of sp³-hybridized carbons (Fsp3) is 0.250. The maximum Gasteiger partial charge on any atom is 0.341 e. The first kappa shape index (κ1) is 21.5. The number of esters is 1. The van der Waals surface area contributed by atoms with Gasteiger partial charge in [-0.3, -0.25) is 14.2 Å². The number of carbonyl (C=O) groups excluding carboxylic acids is 2. The summed E-state index contributed by atoms with van der Waals surface area (Å²) < 4.78 is 6.30. The van der Waals surface area contributed by atoms with Gasteiger partial charge in [0, 0.05) is 15.8 Å². The minimum Gasteiger partial charge on any atom is -0.465 e. The Hall–Kier alpha value is -3.30. The Kier molecular flexibility index (Phi) is 5.82. The van der Waals surface area contributed by atoms with Crippen molar-refractivity contribution in [3.8, 4) is 11.1 Å². The molecule has 1 aliphatic rings. The highest BCUT2D eigenvalue weighted by atomic mass is 32.1. The highest BCUT2D eigenvalue weighted by molar-refractivity contribution is 7.18. The molecule has 7 nitrogen and oxygen atoms in total. The second kappa shape index (κ2) is 8.92. The van der Waals surface area contributed by atoms with Crippen LogP contribution < -0.4 is 10.9 Å². The first-order valence-corrected chi connectivity index (χ1v) is 12.3. The SMILES string of the molecule is COC(=O)c1c(-c2ccccc2)csc1NC(=O)Cn1cnc2sc3c(c2c1=O)CCCC3. The van der Waals surface area contributed by atoms with Gasteiger partial charge in [0.05, 0.1) is 18.8 Å². The van der Waals surface area contributed by atoms with E-state index in [2.05, 4.69) is 10.3 Å². The van der Waals surface area contributed by atoms with E-state index in [0.717, 1.165) is 41.6 Å². The molecule has 3 aromatic heterocycles. The zero-order valence-electron chi connectivity index (χ0n) is 17.9. The molecule has 0 saturated carbocycles. The molecule has 33 heavy (non-hydrogen) atoms. The third-order valence-corrected chi connectivity index (χ3v) is 7.87. The van der Waals surface area contributed by atoms with Gasteiger partial charge in [-0.15, -0.1) is 22.7 Å². The summed E-state index contributed by atoms with van der Waals surface area (Å²) in [5.41, 5.74) is 2.73. The van der Waals surface area contributed by atoms with E-state index in [9.17, 15) is 14.4 Å². The molecule has 0 atom stereocenters. The van der Waals surface area contributed by atoms with Gasteiger partial charge in [0.2, 0.25) is 5.91 Å². The van der Waals surface area contributed by atoms with E-state index < -0.39 is 11.9 Å². The van der Waals surface area contributed by atoms with Gasteiger partial charge >= 0.3 is 5.97 Å². The number of fused-ring (bicyclic) bond motifs is 3. The molecule has 168 valence electrons. The van der Waals surface area contributed by atoms with Crippen LogP contribution in [0.15, 0.2) is 46.8 Å². The van der Waals surface area contributed by atoms with Crippen LogP contribution in [0.5, 0.6) is 0 Å². The molecule has 5 rings (SSSR count).